The minimum Gasteiger partial charge on any atom is -0.507 e. The van der Waals surface area contributed by atoms with Crippen LogP contribution in [0.25, 0.3) is 0 Å². The summed E-state index contributed by atoms with van der Waals surface area (Å²) >= 11 is 0. The van der Waals surface area contributed by atoms with Gasteiger partial charge in [0.25, 0.3) is 15.7 Å². The molecule has 0 saturated carbocycles. The average molecular weight is 336 g/mol. The number of anilines is 1. The number of nitrogens with one attached hydrogen (secondary N) is 1. The standard InChI is InChI=1S/C13H12N4O5S/c14-10-1-4-12(5-2-10)23(21,22)16-15-8-9-7-11(17(19)20)3-6-13(9)18/h1-8,16,18H,14H2. The van der Waals surface area contributed by atoms with Crippen LogP contribution in [-0.4, -0.2) is 24.7 Å². The molecule has 9 nitrogen and oxygen atoms in total. The number of nitrogens with zero attached hydrogens (tertiary/aromatic N) is 2. The third kappa shape index (κ3) is 3.95. The Morgan fingerprint density at radius 3 is 2.48 bits per heavy atom. The number of benzene rings is 2. The Morgan fingerprint density at radius 2 is 1.87 bits per heavy atom. The van der Waals surface area contributed by atoms with Crippen LogP contribution < -0.4 is 10.6 Å². The Bertz CT molecular complexity index is 862. The van der Waals surface area contributed by atoms with Gasteiger partial charge in [-0.2, -0.15) is 13.5 Å². The van der Waals surface area contributed by atoms with Crippen molar-refractivity contribution in [2.75, 3.05) is 5.73 Å². The third-order valence-corrected chi connectivity index (χ3v) is 4.03. The van der Waals surface area contributed by atoms with E-state index in [0.717, 1.165) is 24.4 Å². The van der Waals surface area contributed by atoms with Crippen molar-refractivity contribution in [3.05, 3.63) is 58.1 Å². The summed E-state index contributed by atoms with van der Waals surface area (Å²) < 4.78 is 23.9. The van der Waals surface area contributed by atoms with Crippen LogP contribution in [0.3, 0.4) is 0 Å². The summed E-state index contributed by atoms with van der Waals surface area (Å²) in [5, 5.41) is 23.8. The van der Waals surface area contributed by atoms with Gasteiger partial charge in [-0.1, -0.05) is 0 Å². The fourth-order valence-electron chi connectivity index (χ4n) is 1.62. The minimum absolute atomic E-state index is 0.000735. The zero-order chi connectivity index (χ0) is 17.0. The molecule has 120 valence electrons. The minimum atomic E-state index is -3.91. The molecule has 2 aromatic rings. The molecule has 0 radical (unpaired) electrons. The van der Waals surface area contributed by atoms with Crippen molar-refractivity contribution in [2.45, 2.75) is 4.90 Å². The van der Waals surface area contributed by atoms with Gasteiger partial charge in [0.05, 0.1) is 16.0 Å². The Hall–Kier alpha value is -3.14. The monoisotopic (exact) mass is 336 g/mol. The zero-order valence-corrected chi connectivity index (χ0v) is 12.4. The number of phenolic OH excluding ortho intramolecular Hbond substituents is 1. The van der Waals surface area contributed by atoms with Crippen molar-refractivity contribution in [1.29, 1.82) is 0 Å². The van der Waals surface area contributed by atoms with Crippen molar-refractivity contribution in [2.24, 2.45) is 5.10 Å². The quantitative estimate of drug-likeness (QED) is 0.323. The lowest BCUT2D eigenvalue weighted by Gasteiger charge is -2.04. The van der Waals surface area contributed by atoms with Gasteiger partial charge in [0.2, 0.25) is 0 Å². The zero-order valence-electron chi connectivity index (χ0n) is 11.6. The molecule has 0 spiro atoms. The first-order valence-corrected chi connectivity index (χ1v) is 7.66. The fraction of sp³-hybridized carbons (Fsp3) is 0. The molecule has 0 aliphatic heterocycles. The third-order valence-electron chi connectivity index (χ3n) is 2.79. The lowest BCUT2D eigenvalue weighted by Crippen LogP contribution is -2.18. The van der Waals surface area contributed by atoms with E-state index in [1.165, 1.54) is 24.3 Å². The maximum atomic E-state index is 12.0. The SMILES string of the molecule is Nc1ccc(S(=O)(=O)NN=Cc2cc([N+](=O)[O-])ccc2O)cc1. The van der Waals surface area contributed by atoms with E-state index in [1.54, 1.807) is 0 Å². The second kappa shape index (κ2) is 6.32. The number of phenols is 1. The van der Waals surface area contributed by atoms with Gasteiger partial charge in [-0.15, -0.1) is 0 Å². The Morgan fingerprint density at radius 1 is 1.22 bits per heavy atom. The normalized spacial score (nSPS) is 11.5. The lowest BCUT2D eigenvalue weighted by atomic mass is 10.2. The number of nitrogens with two attached hydrogens (primary N) is 1. The number of hydrogen-bond acceptors (Lipinski definition) is 7. The van der Waals surface area contributed by atoms with Gasteiger partial charge in [0, 0.05) is 23.4 Å². The van der Waals surface area contributed by atoms with Crippen LogP contribution in [0.2, 0.25) is 0 Å². The molecule has 0 bridgehead atoms. The molecule has 0 atom stereocenters. The summed E-state index contributed by atoms with van der Waals surface area (Å²) in [5.74, 6) is -0.272. The number of aromatic hydroxyl groups is 1. The van der Waals surface area contributed by atoms with Gasteiger partial charge in [0.15, 0.2) is 0 Å². The molecule has 23 heavy (non-hydrogen) atoms. The highest BCUT2D eigenvalue weighted by Crippen LogP contribution is 2.21. The highest BCUT2D eigenvalue weighted by atomic mass is 32.2. The number of rotatable bonds is 5. The highest BCUT2D eigenvalue weighted by Gasteiger charge is 2.13. The maximum absolute atomic E-state index is 12.0. The molecular formula is C13H12N4O5S. The first-order valence-electron chi connectivity index (χ1n) is 6.17. The molecule has 10 heteroatoms. The van der Waals surface area contributed by atoms with Crippen molar-refractivity contribution >= 4 is 27.6 Å². The van der Waals surface area contributed by atoms with Crippen LogP contribution in [0.15, 0.2) is 52.5 Å². The van der Waals surface area contributed by atoms with Crippen molar-refractivity contribution < 1.29 is 18.4 Å². The van der Waals surface area contributed by atoms with Crippen LogP contribution in [0.1, 0.15) is 5.56 Å². The van der Waals surface area contributed by atoms with Gasteiger partial charge in [0.1, 0.15) is 5.75 Å². The predicted octanol–water partition coefficient (Wildman–Crippen LogP) is 1.20. The number of nitro benzene ring substituents is 1. The fourth-order valence-corrected chi connectivity index (χ4v) is 2.42. The van der Waals surface area contributed by atoms with E-state index in [2.05, 4.69) is 5.10 Å². The van der Waals surface area contributed by atoms with Crippen molar-refractivity contribution in [1.82, 2.24) is 4.83 Å². The van der Waals surface area contributed by atoms with E-state index in [9.17, 15) is 23.6 Å². The number of nitro groups is 1. The van der Waals surface area contributed by atoms with Crippen LogP contribution >= 0.6 is 0 Å². The summed E-state index contributed by atoms with van der Waals surface area (Å²) in [6.45, 7) is 0. The number of hydrazone groups is 1. The second-order valence-corrected chi connectivity index (χ2v) is 6.08. The highest BCUT2D eigenvalue weighted by molar-refractivity contribution is 7.89. The van der Waals surface area contributed by atoms with Gasteiger partial charge in [-0.25, -0.2) is 4.83 Å². The molecule has 2 rings (SSSR count). The molecule has 2 aromatic carbocycles. The van der Waals surface area contributed by atoms with Crippen LogP contribution in [0.5, 0.6) is 5.75 Å². The van der Waals surface area contributed by atoms with Gasteiger partial charge in [-0.3, -0.25) is 10.1 Å². The van der Waals surface area contributed by atoms with Gasteiger partial charge in [-0.05, 0) is 30.3 Å². The second-order valence-electron chi connectivity index (χ2n) is 4.42. The van der Waals surface area contributed by atoms with Crippen molar-refractivity contribution in [3.8, 4) is 5.75 Å². The van der Waals surface area contributed by atoms with E-state index in [0.29, 0.717) is 5.69 Å². The largest absolute Gasteiger partial charge is 0.507 e. The molecule has 0 heterocycles. The van der Waals surface area contributed by atoms with Crippen molar-refractivity contribution in [3.63, 3.8) is 0 Å². The topological polar surface area (TPSA) is 148 Å². The van der Waals surface area contributed by atoms with E-state index < -0.39 is 14.9 Å². The Balaban J connectivity index is 2.19. The molecule has 0 aromatic heterocycles. The van der Waals surface area contributed by atoms with Crippen LogP contribution in [-0.2, 0) is 10.0 Å². The van der Waals surface area contributed by atoms with E-state index in [1.807, 2.05) is 4.83 Å². The molecule has 0 fully saturated rings. The van der Waals surface area contributed by atoms with Gasteiger partial charge < -0.3 is 10.8 Å². The van der Waals surface area contributed by atoms with Crippen LogP contribution in [0, 0.1) is 10.1 Å². The molecule has 0 saturated heterocycles. The predicted molar refractivity (Wildman–Crippen MR) is 83.5 cm³/mol. The summed E-state index contributed by atoms with van der Waals surface area (Å²) in [6, 6.07) is 8.75. The maximum Gasteiger partial charge on any atom is 0.276 e. The number of nitrogen functional groups attached to an aromatic ring is 1. The molecular weight excluding hydrogens is 324 g/mol. The molecule has 0 amide bonds. The van der Waals surface area contributed by atoms with Gasteiger partial charge >= 0.3 is 0 Å². The van der Waals surface area contributed by atoms with E-state index >= 15 is 0 Å². The Kier molecular flexibility index (Phi) is 4.46. The summed E-state index contributed by atoms with van der Waals surface area (Å²) in [5.41, 5.74) is 5.63. The average Bonchev–Trinajstić information content (AvgIpc) is 2.49. The first-order chi connectivity index (χ1) is 10.8. The smallest absolute Gasteiger partial charge is 0.276 e. The molecule has 4 N–H and O–H groups in total. The number of non-ortho nitro benzene ring substituents is 1. The first kappa shape index (κ1) is 16.2. The summed E-state index contributed by atoms with van der Waals surface area (Å²) in [6.07, 6.45) is 0.969. The summed E-state index contributed by atoms with van der Waals surface area (Å²) in [4.78, 5) is 11.9. The Labute approximate surface area is 131 Å². The van der Waals surface area contributed by atoms with E-state index in [4.69, 9.17) is 5.73 Å². The van der Waals surface area contributed by atoms with Crippen LogP contribution in [0.4, 0.5) is 11.4 Å². The summed E-state index contributed by atoms with van der Waals surface area (Å²) in [7, 11) is -3.91. The number of sulfonamides is 1. The molecule has 0 aliphatic carbocycles. The van der Waals surface area contributed by atoms with E-state index in [-0.39, 0.29) is 21.9 Å². The number of hydrogen-bond donors (Lipinski definition) is 3. The molecule has 0 unspecified atom stereocenters. The molecule has 0 aliphatic rings. The lowest BCUT2D eigenvalue weighted by molar-refractivity contribution is -0.384.